The van der Waals surface area contributed by atoms with E-state index in [0.29, 0.717) is 12.8 Å². The molecule has 3 atom stereocenters. The predicted octanol–water partition coefficient (Wildman–Crippen LogP) is 10.6. The number of halogens is 7. The van der Waals surface area contributed by atoms with Gasteiger partial charge in [-0.15, -0.1) is 0 Å². The number of fused-ring (bicyclic) bond motifs is 1. The molecule has 0 N–H and O–H groups in total. The van der Waals surface area contributed by atoms with Crippen molar-refractivity contribution in [1.82, 2.24) is 4.98 Å². The van der Waals surface area contributed by atoms with Crippen LogP contribution in [0.1, 0.15) is 108 Å². The van der Waals surface area contributed by atoms with E-state index in [0.717, 1.165) is 49.8 Å². The quantitative estimate of drug-likeness (QED) is 0.102. The van der Waals surface area contributed by atoms with Crippen molar-refractivity contribution in [2.45, 2.75) is 122 Å². The van der Waals surface area contributed by atoms with Crippen molar-refractivity contribution in [3.63, 3.8) is 0 Å². The second-order valence-corrected chi connectivity index (χ2v) is 12.1. The van der Waals surface area contributed by atoms with Gasteiger partial charge in [0.15, 0.2) is 23.6 Å². The van der Waals surface area contributed by atoms with E-state index in [1.54, 1.807) is 6.92 Å². The fraction of sp³-hybridized carbons (Fsp3) is 0.667. The first-order valence-corrected chi connectivity index (χ1v) is 15.6. The van der Waals surface area contributed by atoms with Gasteiger partial charge in [0, 0.05) is 11.5 Å². The molecule has 1 aromatic carbocycles. The lowest BCUT2D eigenvalue weighted by atomic mass is 9.77. The van der Waals surface area contributed by atoms with Crippen molar-refractivity contribution in [2.24, 2.45) is 11.8 Å². The lowest BCUT2D eigenvalue weighted by molar-refractivity contribution is -0.0823. The molecule has 0 bridgehead atoms. The minimum absolute atomic E-state index is 0.00652. The highest BCUT2D eigenvalue weighted by Crippen LogP contribution is 2.49. The smallest absolute Gasteiger partial charge is 0.279 e. The average molecular weight is 602 g/mol. The van der Waals surface area contributed by atoms with Gasteiger partial charge in [-0.3, -0.25) is 0 Å². The highest BCUT2D eigenvalue weighted by Gasteiger charge is 2.48. The largest absolute Gasteiger partial charge is 0.486 e. The highest BCUT2D eigenvalue weighted by atomic mass is 19.3. The Bertz CT molecular complexity index is 1170. The molecule has 1 heterocycles. The fourth-order valence-electron chi connectivity index (χ4n) is 5.99. The summed E-state index contributed by atoms with van der Waals surface area (Å²) in [6.45, 7) is 0.961. The van der Waals surface area contributed by atoms with E-state index in [1.165, 1.54) is 32.1 Å². The number of ether oxygens (including phenoxy) is 1. The monoisotopic (exact) mass is 601 g/mol. The molecule has 2 aliphatic carbocycles. The van der Waals surface area contributed by atoms with Crippen molar-refractivity contribution < 1.29 is 35.5 Å². The molecule has 0 saturated heterocycles. The van der Waals surface area contributed by atoms with E-state index >= 15 is 17.6 Å². The lowest BCUT2D eigenvalue weighted by Crippen LogP contribution is -2.33. The van der Waals surface area contributed by atoms with Crippen LogP contribution in [0.3, 0.4) is 0 Å². The Labute approximate surface area is 244 Å². The summed E-state index contributed by atoms with van der Waals surface area (Å²) in [6.07, 6.45) is 8.51. The molecule has 2 nitrogen and oxygen atoms in total. The third-order valence-corrected chi connectivity index (χ3v) is 8.70. The van der Waals surface area contributed by atoms with Crippen LogP contribution in [0.5, 0.6) is 5.75 Å². The van der Waals surface area contributed by atoms with E-state index in [9.17, 15) is 13.2 Å². The molecule has 1 aromatic heterocycles. The minimum Gasteiger partial charge on any atom is -0.486 e. The molecule has 42 heavy (non-hydrogen) atoms. The first-order chi connectivity index (χ1) is 20.1. The first kappa shape index (κ1) is 32.6. The number of alkyl halides is 4. The van der Waals surface area contributed by atoms with Gasteiger partial charge in [0.1, 0.15) is 12.8 Å². The van der Waals surface area contributed by atoms with Crippen LogP contribution in [0.2, 0.25) is 0 Å². The van der Waals surface area contributed by atoms with Crippen LogP contribution in [0, 0.1) is 29.4 Å². The zero-order valence-corrected chi connectivity index (χ0v) is 24.4. The van der Waals surface area contributed by atoms with Crippen LogP contribution >= 0.6 is 0 Å². The Hall–Kier alpha value is -2.32. The lowest BCUT2D eigenvalue weighted by Gasteiger charge is -2.34. The number of unbranched alkanes of at least 4 members (excludes halogenated alkanes) is 6. The van der Waals surface area contributed by atoms with Gasteiger partial charge < -0.3 is 4.74 Å². The Balaban J connectivity index is 1.35. The van der Waals surface area contributed by atoms with E-state index < -0.39 is 65.2 Å². The van der Waals surface area contributed by atoms with E-state index in [-0.39, 0.29) is 36.9 Å². The predicted molar refractivity (Wildman–Crippen MR) is 150 cm³/mol. The molecule has 1 fully saturated rings. The van der Waals surface area contributed by atoms with Gasteiger partial charge in [-0.05, 0) is 55.4 Å². The number of benzene rings is 1. The standard InChI is InChI=1S/C33H42F7NO/c1-2-10-25(34)26(35)20-42-28-18-17-27(41-32(28)38)24-19-22-15-16-23(33(39,40)29(22)31(37)30(24)36)12-9-7-5-3-4-6-8-11-21-13-14-21/h17-19,21,23,25-26H,2-16,20H2,1H3. The second-order valence-electron chi connectivity index (χ2n) is 12.1. The number of pyridine rings is 1. The van der Waals surface area contributed by atoms with Crippen molar-refractivity contribution in [1.29, 1.82) is 0 Å². The zero-order valence-electron chi connectivity index (χ0n) is 24.4. The molecule has 2 aromatic rings. The van der Waals surface area contributed by atoms with Gasteiger partial charge in [0.05, 0.1) is 11.3 Å². The van der Waals surface area contributed by atoms with Gasteiger partial charge >= 0.3 is 0 Å². The summed E-state index contributed by atoms with van der Waals surface area (Å²) in [4.78, 5) is 3.59. The van der Waals surface area contributed by atoms with Gasteiger partial charge in [-0.25, -0.2) is 31.3 Å². The maximum Gasteiger partial charge on any atom is 0.279 e. The third kappa shape index (κ3) is 8.19. The highest BCUT2D eigenvalue weighted by molar-refractivity contribution is 5.63. The van der Waals surface area contributed by atoms with Crippen LogP contribution in [0.15, 0.2) is 18.2 Å². The first-order valence-electron chi connectivity index (χ1n) is 15.6. The molecule has 0 amide bonds. The van der Waals surface area contributed by atoms with Crippen LogP contribution in [-0.4, -0.2) is 23.9 Å². The van der Waals surface area contributed by atoms with E-state index in [2.05, 4.69) is 4.98 Å². The number of aromatic nitrogens is 1. The average Bonchev–Trinajstić information content (AvgIpc) is 3.78. The zero-order chi connectivity index (χ0) is 30.3. The van der Waals surface area contributed by atoms with Gasteiger partial charge in [-0.1, -0.05) is 77.6 Å². The Morgan fingerprint density at radius 1 is 0.881 bits per heavy atom. The maximum atomic E-state index is 15.4. The fourth-order valence-corrected chi connectivity index (χ4v) is 5.99. The summed E-state index contributed by atoms with van der Waals surface area (Å²) in [5.74, 6) is -8.52. The van der Waals surface area contributed by atoms with Crippen LogP contribution in [0.25, 0.3) is 11.3 Å². The van der Waals surface area contributed by atoms with Crippen molar-refractivity contribution in [3.8, 4) is 17.0 Å². The molecule has 4 rings (SSSR count). The topological polar surface area (TPSA) is 22.1 Å². The number of nitrogens with zero attached hydrogens (tertiary/aromatic N) is 1. The van der Waals surface area contributed by atoms with Crippen molar-refractivity contribution in [2.75, 3.05) is 6.61 Å². The molecule has 0 radical (unpaired) electrons. The Morgan fingerprint density at radius 3 is 2.19 bits per heavy atom. The number of aryl methyl sites for hydroxylation is 1. The molecule has 3 unspecified atom stereocenters. The Kier molecular flexibility index (Phi) is 11.6. The molecule has 1 saturated carbocycles. The molecule has 234 valence electrons. The minimum atomic E-state index is -3.52. The molecular formula is C33H42F7NO. The number of hydrogen-bond donors (Lipinski definition) is 0. The summed E-state index contributed by atoms with van der Waals surface area (Å²) in [5, 5.41) is 0. The van der Waals surface area contributed by atoms with Crippen molar-refractivity contribution in [3.05, 3.63) is 46.9 Å². The van der Waals surface area contributed by atoms with Gasteiger partial charge in [0.2, 0.25) is 0 Å². The molecule has 0 aliphatic heterocycles. The molecule has 0 spiro atoms. The number of hydrogen-bond acceptors (Lipinski definition) is 2. The molecule has 2 aliphatic rings. The van der Waals surface area contributed by atoms with E-state index in [4.69, 9.17) is 4.74 Å². The maximum absolute atomic E-state index is 15.4. The van der Waals surface area contributed by atoms with Gasteiger partial charge in [0.25, 0.3) is 11.9 Å². The van der Waals surface area contributed by atoms with Crippen LogP contribution < -0.4 is 4.74 Å². The summed E-state index contributed by atoms with van der Waals surface area (Å²) < 4.78 is 108. The summed E-state index contributed by atoms with van der Waals surface area (Å²) in [6, 6.07) is 3.29. The van der Waals surface area contributed by atoms with Gasteiger partial charge in [-0.2, -0.15) is 4.39 Å². The molecule has 9 heteroatoms. The summed E-state index contributed by atoms with van der Waals surface area (Å²) in [5.41, 5.74) is -1.71. The van der Waals surface area contributed by atoms with Crippen molar-refractivity contribution >= 4 is 0 Å². The van der Waals surface area contributed by atoms with Crippen LogP contribution in [-0.2, 0) is 12.3 Å². The van der Waals surface area contributed by atoms with Crippen LogP contribution in [0.4, 0.5) is 30.7 Å². The normalized spacial score (nSPS) is 19.4. The third-order valence-electron chi connectivity index (χ3n) is 8.70. The summed E-state index contributed by atoms with van der Waals surface area (Å²) >= 11 is 0. The van der Waals surface area contributed by atoms with E-state index in [1.807, 2.05) is 0 Å². The SMILES string of the molecule is CCCC(F)C(F)COc1ccc(-c2cc3c(c(F)c2F)C(F)(F)C(CCCCCCCCCC2CC2)CC3)nc1F. The molecular weight excluding hydrogens is 559 g/mol. The summed E-state index contributed by atoms with van der Waals surface area (Å²) in [7, 11) is 0. The Morgan fingerprint density at radius 2 is 1.55 bits per heavy atom. The number of rotatable bonds is 17. The second kappa shape index (κ2) is 14.9.